The lowest BCUT2D eigenvalue weighted by Crippen LogP contribution is -2.60. The first-order chi connectivity index (χ1) is 15.3. The number of piperazine rings is 1. The Bertz CT molecular complexity index is 967. The summed E-state index contributed by atoms with van der Waals surface area (Å²) in [5.41, 5.74) is 0.660. The highest BCUT2D eigenvalue weighted by Gasteiger charge is 2.34. The molecule has 4 amide bonds. The lowest BCUT2D eigenvalue weighted by molar-refractivity contribution is -0.136. The molecule has 2 aromatic rings. The number of carbonyl (C=O) groups excluding carboxylic acids is 3. The maximum Gasteiger partial charge on any atom is 0.319 e. The minimum atomic E-state index is -0.773. The lowest BCUT2D eigenvalue weighted by atomic mass is 10.0. The van der Waals surface area contributed by atoms with E-state index in [-0.39, 0.29) is 29.5 Å². The molecule has 0 saturated carbocycles. The summed E-state index contributed by atoms with van der Waals surface area (Å²) in [4.78, 5) is 41.9. The zero-order valence-corrected chi connectivity index (χ0v) is 18.5. The topological polar surface area (TPSA) is 81.8 Å². The molecule has 2 aromatic carbocycles. The summed E-state index contributed by atoms with van der Waals surface area (Å²) >= 11 is 0. The number of hydrogen-bond acceptors (Lipinski definition) is 3. The summed E-state index contributed by atoms with van der Waals surface area (Å²) in [6.07, 6.45) is 0. The van der Waals surface area contributed by atoms with Crippen LogP contribution in [0.2, 0.25) is 0 Å². The summed E-state index contributed by atoms with van der Waals surface area (Å²) in [5, 5.41) is 5.13. The molecule has 2 N–H and O–H groups in total. The first kappa shape index (κ1) is 23.2. The maximum absolute atomic E-state index is 13.8. The molecule has 1 aliphatic rings. The third-order valence-corrected chi connectivity index (χ3v) is 5.56. The quantitative estimate of drug-likeness (QED) is 0.748. The number of nitrogens with one attached hydrogen (secondary N) is 2. The van der Waals surface area contributed by atoms with Crippen molar-refractivity contribution < 1.29 is 18.8 Å². The average molecular weight is 441 g/mol. The van der Waals surface area contributed by atoms with Gasteiger partial charge in [-0.2, -0.15) is 0 Å². The second-order valence-corrected chi connectivity index (χ2v) is 8.30. The highest BCUT2D eigenvalue weighted by atomic mass is 19.1. The molecule has 1 saturated heterocycles. The molecule has 2 atom stereocenters. The van der Waals surface area contributed by atoms with Gasteiger partial charge in [0.15, 0.2) is 0 Å². The zero-order valence-electron chi connectivity index (χ0n) is 18.5. The van der Waals surface area contributed by atoms with E-state index < -0.39 is 17.9 Å². The lowest BCUT2D eigenvalue weighted by Gasteiger charge is -2.41. The molecular weight excluding hydrogens is 411 g/mol. The van der Waals surface area contributed by atoms with Crippen molar-refractivity contribution in [2.24, 2.45) is 5.92 Å². The number of carbonyl (C=O) groups is 3. The Morgan fingerprint density at radius 1 is 1.00 bits per heavy atom. The zero-order chi connectivity index (χ0) is 23.3. The van der Waals surface area contributed by atoms with E-state index >= 15 is 0 Å². The molecule has 32 heavy (non-hydrogen) atoms. The molecule has 2 unspecified atom stereocenters. The van der Waals surface area contributed by atoms with Gasteiger partial charge in [-0.05, 0) is 37.1 Å². The van der Waals surface area contributed by atoms with Gasteiger partial charge >= 0.3 is 6.03 Å². The van der Waals surface area contributed by atoms with Crippen molar-refractivity contribution >= 4 is 23.5 Å². The van der Waals surface area contributed by atoms with Gasteiger partial charge in [0.25, 0.3) is 5.91 Å². The van der Waals surface area contributed by atoms with Crippen LogP contribution in [0.3, 0.4) is 0 Å². The standard InChI is InChI=1S/C24H29FN4O3/c1-16(2)21(27-24(32)26-20-12-8-7-11-19(20)25)23(31)28-13-14-29(17(3)15-28)22(30)18-9-5-4-6-10-18/h4-12,16-17,21H,13-15H2,1-3H3,(H2,26,27,32). The number of hydrogen-bond donors (Lipinski definition) is 2. The third kappa shape index (κ3) is 5.43. The Morgan fingerprint density at radius 3 is 2.28 bits per heavy atom. The fraction of sp³-hybridized carbons (Fsp3) is 0.375. The van der Waals surface area contributed by atoms with Gasteiger partial charge in [-0.1, -0.05) is 44.2 Å². The van der Waals surface area contributed by atoms with Crippen molar-refractivity contribution in [3.05, 3.63) is 66.0 Å². The predicted octanol–water partition coefficient (Wildman–Crippen LogP) is 3.34. The van der Waals surface area contributed by atoms with Crippen molar-refractivity contribution in [2.75, 3.05) is 25.0 Å². The van der Waals surface area contributed by atoms with Gasteiger partial charge in [0.1, 0.15) is 11.9 Å². The molecular formula is C24H29FN4O3. The number of anilines is 1. The van der Waals surface area contributed by atoms with Crippen LogP contribution in [0.15, 0.2) is 54.6 Å². The molecule has 0 radical (unpaired) electrons. The highest BCUT2D eigenvalue weighted by Crippen LogP contribution is 2.17. The van der Waals surface area contributed by atoms with Gasteiger partial charge < -0.3 is 20.4 Å². The monoisotopic (exact) mass is 440 g/mol. The van der Waals surface area contributed by atoms with Crippen LogP contribution in [0.5, 0.6) is 0 Å². The van der Waals surface area contributed by atoms with Gasteiger partial charge in [0.2, 0.25) is 5.91 Å². The van der Waals surface area contributed by atoms with E-state index in [0.717, 1.165) is 0 Å². The number of nitrogens with zero attached hydrogens (tertiary/aromatic N) is 2. The first-order valence-electron chi connectivity index (χ1n) is 10.7. The van der Waals surface area contributed by atoms with Crippen molar-refractivity contribution in [3.8, 4) is 0 Å². The Labute approximate surface area is 187 Å². The molecule has 0 aromatic heterocycles. The molecule has 0 spiro atoms. The van der Waals surface area contributed by atoms with Crippen LogP contribution in [-0.4, -0.2) is 59.4 Å². The number of amides is 4. The minimum Gasteiger partial charge on any atom is -0.337 e. The Morgan fingerprint density at radius 2 is 1.66 bits per heavy atom. The van der Waals surface area contributed by atoms with E-state index in [2.05, 4.69) is 10.6 Å². The van der Waals surface area contributed by atoms with Gasteiger partial charge in [-0.15, -0.1) is 0 Å². The van der Waals surface area contributed by atoms with E-state index in [1.54, 1.807) is 28.0 Å². The van der Waals surface area contributed by atoms with E-state index in [0.29, 0.717) is 25.2 Å². The molecule has 1 heterocycles. The van der Waals surface area contributed by atoms with E-state index in [1.807, 2.05) is 39.0 Å². The van der Waals surface area contributed by atoms with Gasteiger partial charge in [0.05, 0.1) is 5.69 Å². The van der Waals surface area contributed by atoms with Gasteiger partial charge in [-0.3, -0.25) is 9.59 Å². The summed E-state index contributed by atoms with van der Waals surface area (Å²) in [6, 6.07) is 13.3. The maximum atomic E-state index is 13.8. The molecule has 1 fully saturated rings. The largest absolute Gasteiger partial charge is 0.337 e. The fourth-order valence-corrected chi connectivity index (χ4v) is 3.78. The predicted molar refractivity (Wildman–Crippen MR) is 121 cm³/mol. The fourth-order valence-electron chi connectivity index (χ4n) is 3.78. The van der Waals surface area contributed by atoms with Gasteiger partial charge in [0, 0.05) is 31.2 Å². The minimum absolute atomic E-state index is 0.0432. The SMILES string of the molecule is CC(C)C(NC(=O)Nc1ccccc1F)C(=O)N1CCN(C(=O)c2ccccc2)C(C)C1. The summed E-state index contributed by atoms with van der Waals surface area (Å²) in [5.74, 6) is -1.01. The molecule has 170 valence electrons. The summed E-state index contributed by atoms with van der Waals surface area (Å²) in [6.45, 7) is 6.74. The van der Waals surface area contributed by atoms with Gasteiger partial charge in [-0.25, -0.2) is 9.18 Å². The Balaban J connectivity index is 1.62. The number of urea groups is 1. The normalized spacial score (nSPS) is 17.1. The second kappa shape index (κ2) is 10.3. The van der Waals surface area contributed by atoms with Crippen molar-refractivity contribution in [1.82, 2.24) is 15.1 Å². The molecule has 0 aliphatic carbocycles. The first-order valence-corrected chi connectivity index (χ1v) is 10.7. The summed E-state index contributed by atoms with van der Waals surface area (Å²) in [7, 11) is 0. The van der Waals surface area contributed by atoms with Crippen LogP contribution >= 0.6 is 0 Å². The van der Waals surface area contributed by atoms with E-state index in [1.165, 1.54) is 18.2 Å². The Kier molecular flexibility index (Phi) is 7.45. The average Bonchev–Trinajstić information content (AvgIpc) is 2.78. The van der Waals surface area contributed by atoms with Crippen molar-refractivity contribution in [1.29, 1.82) is 0 Å². The summed E-state index contributed by atoms with van der Waals surface area (Å²) < 4.78 is 13.8. The number of rotatable bonds is 5. The van der Waals surface area contributed by atoms with Crippen molar-refractivity contribution in [2.45, 2.75) is 32.9 Å². The van der Waals surface area contributed by atoms with Crippen LogP contribution in [0.25, 0.3) is 0 Å². The third-order valence-electron chi connectivity index (χ3n) is 5.56. The van der Waals surface area contributed by atoms with Crippen LogP contribution in [0.1, 0.15) is 31.1 Å². The molecule has 0 bridgehead atoms. The van der Waals surface area contributed by atoms with Crippen LogP contribution < -0.4 is 10.6 Å². The molecule has 7 nitrogen and oxygen atoms in total. The number of halogens is 1. The van der Waals surface area contributed by atoms with Crippen LogP contribution in [-0.2, 0) is 4.79 Å². The number of benzene rings is 2. The number of para-hydroxylation sites is 1. The second-order valence-electron chi connectivity index (χ2n) is 8.30. The van der Waals surface area contributed by atoms with E-state index in [9.17, 15) is 18.8 Å². The van der Waals surface area contributed by atoms with Crippen LogP contribution in [0.4, 0.5) is 14.9 Å². The van der Waals surface area contributed by atoms with E-state index in [4.69, 9.17) is 0 Å². The highest BCUT2D eigenvalue weighted by molar-refractivity contribution is 5.95. The molecule has 8 heteroatoms. The molecule has 1 aliphatic heterocycles. The van der Waals surface area contributed by atoms with Crippen molar-refractivity contribution in [3.63, 3.8) is 0 Å². The smallest absolute Gasteiger partial charge is 0.319 e. The van der Waals surface area contributed by atoms with Crippen LogP contribution in [0, 0.1) is 11.7 Å². The molecule has 3 rings (SSSR count). The Hall–Kier alpha value is -3.42.